The number of benzene rings is 2. The van der Waals surface area contributed by atoms with Gasteiger partial charge in [0.1, 0.15) is 5.82 Å². The van der Waals surface area contributed by atoms with Crippen molar-refractivity contribution in [1.29, 1.82) is 0 Å². The maximum Gasteiger partial charge on any atom is 0.128 e. The molecular formula is C17H15BrFNS. The van der Waals surface area contributed by atoms with Crippen LogP contribution in [0.3, 0.4) is 0 Å². The molecule has 1 atom stereocenters. The molecular weight excluding hydrogens is 349 g/mol. The zero-order chi connectivity index (χ0) is 14.8. The van der Waals surface area contributed by atoms with Crippen molar-refractivity contribution in [2.24, 2.45) is 0 Å². The lowest BCUT2D eigenvalue weighted by atomic mass is 9.97. The summed E-state index contributed by atoms with van der Waals surface area (Å²) in [5.74, 6) is -0.183. The van der Waals surface area contributed by atoms with Crippen molar-refractivity contribution in [2.75, 3.05) is 6.54 Å². The lowest BCUT2D eigenvalue weighted by Crippen LogP contribution is -2.23. The van der Waals surface area contributed by atoms with Crippen molar-refractivity contribution < 1.29 is 4.39 Å². The molecule has 0 aliphatic rings. The van der Waals surface area contributed by atoms with Gasteiger partial charge in [-0.15, -0.1) is 11.3 Å². The molecule has 4 heteroatoms. The Kier molecular flexibility index (Phi) is 4.38. The Labute approximate surface area is 135 Å². The van der Waals surface area contributed by atoms with Crippen molar-refractivity contribution in [1.82, 2.24) is 5.32 Å². The van der Waals surface area contributed by atoms with Gasteiger partial charge in [0.2, 0.25) is 0 Å². The second kappa shape index (κ2) is 6.26. The first-order chi connectivity index (χ1) is 10.2. The van der Waals surface area contributed by atoms with E-state index in [9.17, 15) is 4.39 Å². The standard InChI is InChI=1S/C17H15BrFNS/c1-2-20-16(14-10-12(18)6-7-15(14)19)13-5-3-4-11-8-9-21-17(11)13/h3-10,16,20H,2H2,1H3. The first kappa shape index (κ1) is 14.7. The van der Waals surface area contributed by atoms with Crippen molar-refractivity contribution >= 4 is 37.4 Å². The van der Waals surface area contributed by atoms with Gasteiger partial charge in [-0.3, -0.25) is 0 Å². The van der Waals surface area contributed by atoms with Gasteiger partial charge in [-0.05, 0) is 47.1 Å². The zero-order valence-electron chi connectivity index (χ0n) is 11.6. The summed E-state index contributed by atoms with van der Waals surface area (Å²) < 4.78 is 16.4. The molecule has 1 N–H and O–H groups in total. The molecule has 1 heterocycles. The molecule has 108 valence electrons. The average molecular weight is 364 g/mol. The smallest absolute Gasteiger partial charge is 0.128 e. The highest BCUT2D eigenvalue weighted by molar-refractivity contribution is 9.10. The topological polar surface area (TPSA) is 12.0 Å². The Morgan fingerprint density at radius 3 is 2.86 bits per heavy atom. The van der Waals surface area contributed by atoms with Crippen LogP contribution in [-0.2, 0) is 0 Å². The van der Waals surface area contributed by atoms with Crippen LogP contribution in [0.15, 0.2) is 52.3 Å². The van der Waals surface area contributed by atoms with Gasteiger partial charge in [0.15, 0.2) is 0 Å². The molecule has 0 amide bonds. The predicted molar refractivity (Wildman–Crippen MR) is 91.4 cm³/mol. The van der Waals surface area contributed by atoms with E-state index in [4.69, 9.17) is 0 Å². The Hall–Kier alpha value is -1.23. The largest absolute Gasteiger partial charge is 0.306 e. The van der Waals surface area contributed by atoms with E-state index in [0.29, 0.717) is 5.56 Å². The third kappa shape index (κ3) is 2.89. The Morgan fingerprint density at radius 1 is 1.19 bits per heavy atom. The van der Waals surface area contributed by atoms with Gasteiger partial charge in [-0.2, -0.15) is 0 Å². The van der Waals surface area contributed by atoms with E-state index >= 15 is 0 Å². The summed E-state index contributed by atoms with van der Waals surface area (Å²) in [5.41, 5.74) is 1.80. The van der Waals surface area contributed by atoms with Crippen LogP contribution in [0.2, 0.25) is 0 Å². The van der Waals surface area contributed by atoms with Crippen LogP contribution in [-0.4, -0.2) is 6.54 Å². The Bertz CT molecular complexity index is 768. The van der Waals surface area contributed by atoms with Crippen LogP contribution in [0.25, 0.3) is 10.1 Å². The van der Waals surface area contributed by atoms with Gasteiger partial charge in [0.05, 0.1) is 6.04 Å². The molecule has 0 aliphatic heterocycles. The van der Waals surface area contributed by atoms with Gasteiger partial charge >= 0.3 is 0 Å². The summed E-state index contributed by atoms with van der Waals surface area (Å²) in [4.78, 5) is 0. The average Bonchev–Trinajstić information content (AvgIpc) is 2.96. The molecule has 0 radical (unpaired) electrons. The molecule has 0 fully saturated rings. The fourth-order valence-corrected chi connectivity index (χ4v) is 3.89. The summed E-state index contributed by atoms with van der Waals surface area (Å²) in [5, 5.41) is 6.69. The van der Waals surface area contributed by atoms with Crippen LogP contribution >= 0.6 is 27.3 Å². The zero-order valence-corrected chi connectivity index (χ0v) is 14.0. The van der Waals surface area contributed by atoms with Gasteiger partial charge < -0.3 is 5.32 Å². The summed E-state index contributed by atoms with van der Waals surface area (Å²) in [6, 6.07) is 13.3. The monoisotopic (exact) mass is 363 g/mol. The molecule has 3 rings (SSSR count). The Balaban J connectivity index is 2.18. The van der Waals surface area contributed by atoms with Gasteiger partial charge in [0.25, 0.3) is 0 Å². The van der Waals surface area contributed by atoms with Crippen LogP contribution in [0.1, 0.15) is 24.1 Å². The summed E-state index contributed by atoms with van der Waals surface area (Å²) in [6.07, 6.45) is 0. The summed E-state index contributed by atoms with van der Waals surface area (Å²) in [7, 11) is 0. The minimum Gasteiger partial charge on any atom is -0.306 e. The fraction of sp³-hybridized carbons (Fsp3) is 0.176. The molecule has 2 aromatic carbocycles. The highest BCUT2D eigenvalue weighted by Crippen LogP contribution is 2.34. The minimum atomic E-state index is -0.183. The first-order valence-corrected chi connectivity index (χ1v) is 8.52. The molecule has 0 saturated carbocycles. The van der Waals surface area contributed by atoms with Crippen LogP contribution in [0.5, 0.6) is 0 Å². The molecule has 1 nitrogen and oxygen atoms in total. The van der Waals surface area contributed by atoms with E-state index in [1.165, 1.54) is 16.2 Å². The normalized spacial score (nSPS) is 12.7. The summed E-state index contributed by atoms with van der Waals surface area (Å²) in [6.45, 7) is 2.82. The molecule has 0 spiro atoms. The quantitative estimate of drug-likeness (QED) is 0.644. The van der Waals surface area contributed by atoms with Crippen LogP contribution in [0.4, 0.5) is 4.39 Å². The van der Waals surface area contributed by atoms with E-state index in [2.05, 4.69) is 44.8 Å². The molecule has 1 unspecified atom stereocenters. The third-order valence-electron chi connectivity index (χ3n) is 3.50. The number of hydrogen-bond acceptors (Lipinski definition) is 2. The maximum atomic E-state index is 14.3. The SMILES string of the molecule is CCNC(c1cc(Br)ccc1F)c1cccc2ccsc12. The van der Waals surface area contributed by atoms with Crippen molar-refractivity contribution in [3.8, 4) is 0 Å². The van der Waals surface area contributed by atoms with E-state index in [1.54, 1.807) is 17.4 Å². The lowest BCUT2D eigenvalue weighted by Gasteiger charge is -2.20. The third-order valence-corrected chi connectivity index (χ3v) is 4.97. The number of hydrogen-bond donors (Lipinski definition) is 1. The molecule has 0 saturated heterocycles. The predicted octanol–water partition coefficient (Wildman–Crippen LogP) is 5.50. The number of rotatable bonds is 4. The minimum absolute atomic E-state index is 0.144. The van der Waals surface area contributed by atoms with E-state index in [-0.39, 0.29) is 11.9 Å². The van der Waals surface area contributed by atoms with Gasteiger partial charge in [-0.1, -0.05) is 41.1 Å². The number of fused-ring (bicyclic) bond motifs is 1. The first-order valence-electron chi connectivity index (χ1n) is 6.85. The Morgan fingerprint density at radius 2 is 2.05 bits per heavy atom. The molecule has 0 aliphatic carbocycles. The number of nitrogens with one attached hydrogen (secondary N) is 1. The number of thiophene rings is 1. The van der Waals surface area contributed by atoms with Crippen molar-refractivity contribution in [3.05, 3.63) is 69.3 Å². The second-order valence-electron chi connectivity index (χ2n) is 4.84. The maximum absolute atomic E-state index is 14.3. The van der Waals surface area contributed by atoms with Crippen LogP contribution < -0.4 is 5.32 Å². The molecule has 1 aromatic heterocycles. The summed E-state index contributed by atoms with van der Waals surface area (Å²) >= 11 is 5.14. The van der Waals surface area contributed by atoms with Gasteiger partial charge in [-0.25, -0.2) is 4.39 Å². The highest BCUT2D eigenvalue weighted by Gasteiger charge is 2.20. The molecule has 3 aromatic rings. The highest BCUT2D eigenvalue weighted by atomic mass is 79.9. The number of halogens is 2. The van der Waals surface area contributed by atoms with Crippen molar-refractivity contribution in [2.45, 2.75) is 13.0 Å². The van der Waals surface area contributed by atoms with Gasteiger partial charge in [0, 0.05) is 14.7 Å². The lowest BCUT2D eigenvalue weighted by molar-refractivity contribution is 0.560. The molecule has 0 bridgehead atoms. The molecule has 21 heavy (non-hydrogen) atoms. The van der Waals surface area contributed by atoms with Crippen LogP contribution in [0, 0.1) is 5.82 Å². The van der Waals surface area contributed by atoms with E-state index in [0.717, 1.165) is 16.6 Å². The fourth-order valence-electron chi connectivity index (χ4n) is 2.57. The van der Waals surface area contributed by atoms with E-state index < -0.39 is 0 Å². The van der Waals surface area contributed by atoms with Crippen molar-refractivity contribution in [3.63, 3.8) is 0 Å². The second-order valence-corrected chi connectivity index (χ2v) is 6.67. The van der Waals surface area contributed by atoms with E-state index in [1.807, 2.05) is 19.1 Å².